The Morgan fingerprint density at radius 2 is 1.55 bits per heavy atom. The van der Waals surface area contributed by atoms with E-state index >= 15 is 0 Å². The number of carbonyl (C=O) groups is 1. The lowest BCUT2D eigenvalue weighted by molar-refractivity contribution is 0.0697. The lowest BCUT2D eigenvalue weighted by Crippen LogP contribution is -2.00. The number of benzene rings is 2. The Kier molecular flexibility index (Phi) is 10.4. The topological polar surface area (TPSA) is 55.8 Å². The van der Waals surface area contributed by atoms with E-state index in [1.165, 1.54) is 57.1 Å². The van der Waals surface area contributed by atoms with Gasteiger partial charge < -0.3 is 14.6 Å². The van der Waals surface area contributed by atoms with E-state index < -0.39 is 5.97 Å². The van der Waals surface area contributed by atoms with Crippen LogP contribution in [0.1, 0.15) is 74.2 Å². The highest BCUT2D eigenvalue weighted by atomic mass is 35.5. The third-order valence-corrected chi connectivity index (χ3v) is 5.06. The predicted octanol–water partition coefficient (Wildman–Crippen LogP) is 7.14. The van der Waals surface area contributed by atoms with Crippen molar-refractivity contribution in [1.29, 1.82) is 0 Å². The van der Waals surface area contributed by atoms with E-state index in [9.17, 15) is 4.79 Å². The lowest BCUT2D eigenvalue weighted by Gasteiger charge is -2.10. The minimum atomic E-state index is -1.01. The minimum absolute atomic E-state index is 0.139. The van der Waals surface area contributed by atoms with Gasteiger partial charge in [0.2, 0.25) is 0 Å². The zero-order chi connectivity index (χ0) is 20.9. The van der Waals surface area contributed by atoms with E-state index in [0.29, 0.717) is 12.4 Å². The lowest BCUT2D eigenvalue weighted by atomic mass is 10.1. The van der Waals surface area contributed by atoms with Crippen LogP contribution in [0.15, 0.2) is 42.5 Å². The Balaban J connectivity index is 1.65. The second-order valence-electron chi connectivity index (χ2n) is 7.21. The standard InChI is InChI=1S/C24H31ClO4/c1-2-3-4-5-6-7-8-9-16-28-21-13-10-19(11-14-21)18-29-23-15-12-20(24(26)27)17-22(23)25/h10-15,17H,2-9,16,18H2,1H3,(H,26,27). The molecule has 0 atom stereocenters. The molecule has 0 unspecified atom stereocenters. The second kappa shape index (κ2) is 13.1. The molecule has 2 aromatic rings. The predicted molar refractivity (Wildman–Crippen MR) is 117 cm³/mol. The molecule has 0 spiro atoms. The van der Waals surface area contributed by atoms with Gasteiger partial charge in [0.15, 0.2) is 0 Å². The van der Waals surface area contributed by atoms with Crippen LogP contribution in [0.25, 0.3) is 0 Å². The molecular formula is C24H31ClO4. The third-order valence-electron chi connectivity index (χ3n) is 4.76. The summed E-state index contributed by atoms with van der Waals surface area (Å²) in [4.78, 5) is 10.9. The number of ether oxygens (including phenoxy) is 2. The molecule has 5 heteroatoms. The van der Waals surface area contributed by atoms with Crippen LogP contribution in [0.5, 0.6) is 11.5 Å². The highest BCUT2D eigenvalue weighted by Gasteiger charge is 2.08. The van der Waals surface area contributed by atoms with Crippen molar-refractivity contribution in [3.8, 4) is 11.5 Å². The summed E-state index contributed by atoms with van der Waals surface area (Å²) < 4.78 is 11.5. The summed E-state index contributed by atoms with van der Waals surface area (Å²) in [6.07, 6.45) is 10.3. The van der Waals surface area contributed by atoms with E-state index in [1.54, 1.807) is 6.07 Å². The normalized spacial score (nSPS) is 10.7. The van der Waals surface area contributed by atoms with Crippen molar-refractivity contribution >= 4 is 17.6 Å². The maximum absolute atomic E-state index is 10.9. The molecule has 0 aliphatic rings. The first-order chi connectivity index (χ1) is 14.1. The zero-order valence-electron chi connectivity index (χ0n) is 17.2. The quantitative estimate of drug-likeness (QED) is 0.331. The van der Waals surface area contributed by atoms with Gasteiger partial charge in [-0.2, -0.15) is 0 Å². The van der Waals surface area contributed by atoms with Crippen molar-refractivity contribution < 1.29 is 19.4 Å². The largest absolute Gasteiger partial charge is 0.494 e. The van der Waals surface area contributed by atoms with Gasteiger partial charge >= 0.3 is 5.97 Å². The molecule has 0 heterocycles. The van der Waals surface area contributed by atoms with E-state index in [-0.39, 0.29) is 10.6 Å². The molecule has 0 aliphatic carbocycles. The molecule has 29 heavy (non-hydrogen) atoms. The summed E-state index contributed by atoms with van der Waals surface area (Å²) in [6.45, 7) is 3.34. The average molecular weight is 419 g/mol. The van der Waals surface area contributed by atoms with Crippen molar-refractivity contribution in [2.75, 3.05) is 6.61 Å². The van der Waals surface area contributed by atoms with Gasteiger partial charge in [0.05, 0.1) is 17.2 Å². The molecule has 0 bridgehead atoms. The molecule has 0 saturated carbocycles. The summed E-state index contributed by atoms with van der Waals surface area (Å²) in [5.74, 6) is 0.313. The van der Waals surface area contributed by atoms with Crippen LogP contribution < -0.4 is 9.47 Å². The minimum Gasteiger partial charge on any atom is -0.494 e. The molecule has 0 radical (unpaired) electrons. The van der Waals surface area contributed by atoms with Crippen LogP contribution in [0.3, 0.4) is 0 Å². The van der Waals surface area contributed by atoms with Crippen LogP contribution in [0, 0.1) is 0 Å². The van der Waals surface area contributed by atoms with Crippen LogP contribution >= 0.6 is 11.6 Å². The van der Waals surface area contributed by atoms with Gasteiger partial charge in [-0.25, -0.2) is 4.79 Å². The van der Waals surface area contributed by atoms with Crippen LogP contribution in [0.2, 0.25) is 5.02 Å². The molecule has 158 valence electrons. The van der Waals surface area contributed by atoms with Crippen molar-refractivity contribution in [3.63, 3.8) is 0 Å². The van der Waals surface area contributed by atoms with E-state index in [2.05, 4.69) is 6.92 Å². The highest BCUT2D eigenvalue weighted by Crippen LogP contribution is 2.26. The molecule has 4 nitrogen and oxygen atoms in total. The van der Waals surface area contributed by atoms with Crippen LogP contribution in [0.4, 0.5) is 0 Å². The summed E-state index contributed by atoms with van der Waals surface area (Å²) in [7, 11) is 0. The zero-order valence-corrected chi connectivity index (χ0v) is 17.9. The molecular weight excluding hydrogens is 388 g/mol. The Labute approximate surface area is 178 Å². The molecule has 0 aliphatic heterocycles. The molecule has 2 rings (SSSR count). The number of aromatic carboxylic acids is 1. The molecule has 0 saturated heterocycles. The van der Waals surface area contributed by atoms with Gasteiger partial charge in [0.25, 0.3) is 0 Å². The fourth-order valence-corrected chi connectivity index (χ4v) is 3.25. The maximum atomic E-state index is 10.9. The fraction of sp³-hybridized carbons (Fsp3) is 0.458. The number of hydrogen-bond donors (Lipinski definition) is 1. The molecule has 1 N–H and O–H groups in total. The summed E-state index contributed by atoms with van der Waals surface area (Å²) in [5, 5.41) is 9.25. The first kappa shape index (κ1) is 23.1. The third kappa shape index (κ3) is 8.78. The van der Waals surface area contributed by atoms with Gasteiger partial charge in [-0.3, -0.25) is 0 Å². The van der Waals surface area contributed by atoms with E-state index in [4.69, 9.17) is 26.2 Å². The summed E-state index contributed by atoms with van der Waals surface area (Å²) >= 11 is 6.08. The number of rotatable bonds is 14. The van der Waals surface area contributed by atoms with E-state index in [0.717, 1.165) is 24.3 Å². The number of unbranched alkanes of at least 4 members (excludes halogenated alkanes) is 7. The molecule has 2 aromatic carbocycles. The highest BCUT2D eigenvalue weighted by molar-refractivity contribution is 6.32. The monoisotopic (exact) mass is 418 g/mol. The molecule has 0 amide bonds. The first-order valence-electron chi connectivity index (χ1n) is 10.5. The van der Waals surface area contributed by atoms with Gasteiger partial charge in [0, 0.05) is 0 Å². The summed E-state index contributed by atoms with van der Waals surface area (Å²) in [5.41, 5.74) is 1.13. The second-order valence-corrected chi connectivity index (χ2v) is 7.61. The van der Waals surface area contributed by atoms with Crippen molar-refractivity contribution in [2.45, 2.75) is 64.9 Å². The number of carboxylic acid groups (broad SMARTS) is 1. The van der Waals surface area contributed by atoms with Gasteiger partial charge in [-0.05, 0) is 42.3 Å². The van der Waals surface area contributed by atoms with Crippen molar-refractivity contribution in [2.24, 2.45) is 0 Å². The number of halogens is 1. The van der Waals surface area contributed by atoms with Crippen molar-refractivity contribution in [3.05, 3.63) is 58.6 Å². The first-order valence-corrected chi connectivity index (χ1v) is 10.9. The van der Waals surface area contributed by atoms with Gasteiger partial charge in [0.1, 0.15) is 18.1 Å². The SMILES string of the molecule is CCCCCCCCCCOc1ccc(COc2ccc(C(=O)O)cc2Cl)cc1. The average Bonchev–Trinajstić information content (AvgIpc) is 2.72. The summed E-state index contributed by atoms with van der Waals surface area (Å²) in [6, 6.07) is 12.3. The number of hydrogen-bond acceptors (Lipinski definition) is 3. The van der Waals surface area contributed by atoms with Crippen LogP contribution in [-0.4, -0.2) is 17.7 Å². The number of carboxylic acids is 1. The van der Waals surface area contributed by atoms with Crippen molar-refractivity contribution in [1.82, 2.24) is 0 Å². The van der Waals surface area contributed by atoms with Gasteiger partial charge in [-0.15, -0.1) is 0 Å². The Hall–Kier alpha value is -2.20. The fourth-order valence-electron chi connectivity index (χ4n) is 3.02. The molecule has 0 aromatic heterocycles. The van der Waals surface area contributed by atoms with Crippen LogP contribution in [-0.2, 0) is 6.61 Å². The van der Waals surface area contributed by atoms with E-state index in [1.807, 2.05) is 24.3 Å². The van der Waals surface area contributed by atoms with Gasteiger partial charge in [-0.1, -0.05) is 75.6 Å². The molecule has 0 fully saturated rings. The Morgan fingerprint density at radius 1 is 0.897 bits per heavy atom. The maximum Gasteiger partial charge on any atom is 0.335 e. The Bertz CT molecular complexity index is 743. The Morgan fingerprint density at radius 3 is 2.17 bits per heavy atom. The smallest absolute Gasteiger partial charge is 0.335 e.